The average Bonchev–Trinajstić information content (AvgIpc) is 2.71. The van der Waals surface area contributed by atoms with Crippen molar-refractivity contribution in [3.8, 4) is 0 Å². The summed E-state index contributed by atoms with van der Waals surface area (Å²) in [7, 11) is 1.72. The van der Waals surface area contributed by atoms with Crippen LogP contribution in [-0.2, 0) is 11.0 Å². The van der Waals surface area contributed by atoms with Gasteiger partial charge >= 0.3 is 6.18 Å². The van der Waals surface area contributed by atoms with Gasteiger partial charge in [0.25, 0.3) is 5.91 Å². The third-order valence-electron chi connectivity index (χ3n) is 4.98. The van der Waals surface area contributed by atoms with E-state index in [9.17, 15) is 22.8 Å². The fourth-order valence-electron chi connectivity index (χ4n) is 3.19. The molecule has 0 aromatic heterocycles. The van der Waals surface area contributed by atoms with Gasteiger partial charge in [0.1, 0.15) is 0 Å². The van der Waals surface area contributed by atoms with E-state index in [0.29, 0.717) is 17.9 Å². The number of nitrogens with one attached hydrogen (secondary N) is 2. The van der Waals surface area contributed by atoms with Crippen LogP contribution in [0.2, 0.25) is 0 Å². The lowest BCUT2D eigenvalue weighted by molar-refractivity contribution is -0.137. The summed E-state index contributed by atoms with van der Waals surface area (Å²) in [6.07, 6.45) is -2.84. The van der Waals surface area contributed by atoms with E-state index in [1.807, 2.05) is 39.0 Å². The molecule has 0 saturated heterocycles. The van der Waals surface area contributed by atoms with Crippen molar-refractivity contribution in [2.45, 2.75) is 39.8 Å². The first kappa shape index (κ1) is 24.2. The van der Waals surface area contributed by atoms with Crippen LogP contribution in [0.15, 0.2) is 36.4 Å². The Labute approximate surface area is 180 Å². The van der Waals surface area contributed by atoms with Gasteiger partial charge < -0.3 is 15.5 Å². The number of amides is 2. The van der Waals surface area contributed by atoms with Crippen LogP contribution < -0.4 is 15.5 Å². The molecule has 2 amide bonds. The van der Waals surface area contributed by atoms with E-state index in [1.54, 1.807) is 11.9 Å². The molecular formula is C23H28F3N3O2. The number of rotatable bonds is 8. The number of hydrogen-bond acceptors (Lipinski definition) is 3. The molecule has 0 aliphatic heterocycles. The van der Waals surface area contributed by atoms with Crippen LogP contribution in [0.3, 0.4) is 0 Å². The van der Waals surface area contributed by atoms with E-state index in [-0.39, 0.29) is 12.1 Å². The number of carbonyl (C=O) groups is 2. The van der Waals surface area contributed by atoms with Crippen molar-refractivity contribution in [3.05, 3.63) is 58.7 Å². The summed E-state index contributed by atoms with van der Waals surface area (Å²) in [6.45, 7) is 5.93. The Kier molecular flexibility index (Phi) is 8.08. The molecule has 0 atom stereocenters. The van der Waals surface area contributed by atoms with E-state index < -0.39 is 23.6 Å². The standard InChI is InChI=1S/C23H28F3N3O2/c1-5-6-12-29(4)19-11-10-17(23(24,25)26)13-18(19)22(31)27-14-20(30)28-21-15(2)8-7-9-16(21)3/h7-11,13H,5-6,12,14H2,1-4H3,(H,27,31)(H,28,30). The van der Waals surface area contributed by atoms with Gasteiger partial charge in [-0.2, -0.15) is 13.2 Å². The van der Waals surface area contributed by atoms with Crippen molar-refractivity contribution in [1.82, 2.24) is 5.32 Å². The lowest BCUT2D eigenvalue weighted by Gasteiger charge is -2.23. The molecule has 0 unspecified atom stereocenters. The maximum atomic E-state index is 13.2. The fraction of sp³-hybridized carbons (Fsp3) is 0.391. The Hall–Kier alpha value is -3.03. The topological polar surface area (TPSA) is 61.4 Å². The zero-order valence-corrected chi connectivity index (χ0v) is 18.2. The van der Waals surface area contributed by atoms with Gasteiger partial charge in [0.05, 0.1) is 17.7 Å². The number of carbonyl (C=O) groups excluding carboxylic acids is 2. The van der Waals surface area contributed by atoms with E-state index in [2.05, 4.69) is 10.6 Å². The van der Waals surface area contributed by atoms with Crippen molar-refractivity contribution < 1.29 is 22.8 Å². The molecule has 8 heteroatoms. The lowest BCUT2D eigenvalue weighted by atomic mass is 10.1. The number of benzene rings is 2. The average molecular weight is 435 g/mol. The molecule has 31 heavy (non-hydrogen) atoms. The normalized spacial score (nSPS) is 11.2. The molecule has 0 spiro atoms. The first-order valence-corrected chi connectivity index (χ1v) is 10.1. The number of anilines is 2. The van der Waals surface area contributed by atoms with Crippen molar-refractivity contribution in [3.63, 3.8) is 0 Å². The summed E-state index contributed by atoms with van der Waals surface area (Å²) in [5.74, 6) is -1.19. The Morgan fingerprint density at radius 2 is 1.71 bits per heavy atom. The Balaban J connectivity index is 2.19. The maximum absolute atomic E-state index is 13.2. The highest BCUT2D eigenvalue weighted by Gasteiger charge is 2.32. The van der Waals surface area contributed by atoms with Gasteiger partial charge in [-0.3, -0.25) is 9.59 Å². The second-order valence-corrected chi connectivity index (χ2v) is 7.50. The minimum atomic E-state index is -4.57. The highest BCUT2D eigenvalue weighted by atomic mass is 19.4. The predicted molar refractivity (Wildman–Crippen MR) is 117 cm³/mol. The van der Waals surface area contributed by atoms with Gasteiger partial charge in [-0.25, -0.2) is 0 Å². The predicted octanol–water partition coefficient (Wildman–Crippen LogP) is 4.93. The van der Waals surface area contributed by atoms with Crippen molar-refractivity contribution in [2.75, 3.05) is 30.4 Å². The number of hydrogen-bond donors (Lipinski definition) is 2. The Morgan fingerprint density at radius 3 is 2.29 bits per heavy atom. The molecule has 0 radical (unpaired) electrons. The lowest BCUT2D eigenvalue weighted by Crippen LogP contribution is -2.34. The van der Waals surface area contributed by atoms with Gasteiger partial charge in [-0.15, -0.1) is 0 Å². The second-order valence-electron chi connectivity index (χ2n) is 7.50. The summed E-state index contributed by atoms with van der Waals surface area (Å²) in [5.41, 5.74) is 1.75. The van der Waals surface area contributed by atoms with Gasteiger partial charge in [0.15, 0.2) is 0 Å². The molecule has 2 aromatic carbocycles. The van der Waals surface area contributed by atoms with Gasteiger partial charge in [-0.1, -0.05) is 31.5 Å². The zero-order chi connectivity index (χ0) is 23.2. The third-order valence-corrected chi connectivity index (χ3v) is 4.98. The maximum Gasteiger partial charge on any atom is 0.416 e. The monoisotopic (exact) mass is 435 g/mol. The van der Waals surface area contributed by atoms with Crippen LogP contribution in [0.4, 0.5) is 24.5 Å². The Bertz CT molecular complexity index is 922. The minimum absolute atomic E-state index is 0.117. The SMILES string of the molecule is CCCCN(C)c1ccc(C(F)(F)F)cc1C(=O)NCC(=O)Nc1c(C)cccc1C. The van der Waals surface area contributed by atoms with Gasteiger partial charge in [0.2, 0.25) is 5.91 Å². The van der Waals surface area contributed by atoms with Crippen LogP contribution in [0.1, 0.15) is 46.8 Å². The van der Waals surface area contributed by atoms with E-state index in [1.165, 1.54) is 6.07 Å². The first-order valence-electron chi connectivity index (χ1n) is 10.1. The molecule has 5 nitrogen and oxygen atoms in total. The minimum Gasteiger partial charge on any atom is -0.374 e. The molecule has 2 N–H and O–H groups in total. The van der Waals surface area contributed by atoms with E-state index in [0.717, 1.165) is 36.1 Å². The van der Waals surface area contributed by atoms with Crippen molar-refractivity contribution >= 4 is 23.2 Å². The third kappa shape index (κ3) is 6.47. The second kappa shape index (κ2) is 10.3. The summed E-state index contributed by atoms with van der Waals surface area (Å²) >= 11 is 0. The number of aryl methyl sites for hydroxylation is 2. The number of alkyl halides is 3. The quantitative estimate of drug-likeness (QED) is 0.618. The molecule has 168 valence electrons. The van der Waals surface area contributed by atoms with Crippen LogP contribution in [0.25, 0.3) is 0 Å². The zero-order valence-electron chi connectivity index (χ0n) is 18.2. The smallest absolute Gasteiger partial charge is 0.374 e. The fourth-order valence-corrected chi connectivity index (χ4v) is 3.19. The van der Waals surface area contributed by atoms with Crippen molar-refractivity contribution in [2.24, 2.45) is 0 Å². The van der Waals surface area contributed by atoms with Gasteiger partial charge in [-0.05, 0) is 49.6 Å². The van der Waals surface area contributed by atoms with Crippen LogP contribution in [0, 0.1) is 13.8 Å². The Morgan fingerprint density at radius 1 is 1.06 bits per heavy atom. The number of para-hydroxylation sites is 1. The molecule has 0 aliphatic rings. The van der Waals surface area contributed by atoms with Gasteiger partial charge in [0, 0.05) is 25.0 Å². The number of unbranched alkanes of at least 4 members (excludes halogenated alkanes) is 1. The summed E-state index contributed by atoms with van der Waals surface area (Å²) in [5, 5.41) is 5.19. The molecule has 0 heterocycles. The summed E-state index contributed by atoms with van der Waals surface area (Å²) < 4.78 is 39.6. The van der Waals surface area contributed by atoms with Crippen molar-refractivity contribution in [1.29, 1.82) is 0 Å². The first-order chi connectivity index (χ1) is 14.5. The summed E-state index contributed by atoms with van der Waals surface area (Å²) in [6, 6.07) is 8.65. The highest BCUT2D eigenvalue weighted by Crippen LogP contribution is 2.33. The van der Waals surface area contributed by atoms with Crippen LogP contribution >= 0.6 is 0 Å². The highest BCUT2D eigenvalue weighted by molar-refractivity contribution is 6.03. The molecule has 0 fully saturated rings. The largest absolute Gasteiger partial charge is 0.416 e. The molecule has 0 bridgehead atoms. The number of halogens is 3. The van der Waals surface area contributed by atoms with E-state index >= 15 is 0 Å². The molecule has 0 aliphatic carbocycles. The molecule has 2 rings (SSSR count). The summed E-state index contributed by atoms with van der Waals surface area (Å²) in [4.78, 5) is 26.8. The molecule has 0 saturated carbocycles. The van der Waals surface area contributed by atoms with Crippen LogP contribution in [-0.4, -0.2) is 32.0 Å². The number of nitrogens with zero attached hydrogens (tertiary/aromatic N) is 1. The van der Waals surface area contributed by atoms with E-state index in [4.69, 9.17) is 0 Å². The van der Waals surface area contributed by atoms with Crippen LogP contribution in [0.5, 0.6) is 0 Å². The molecule has 2 aromatic rings. The molecular weight excluding hydrogens is 407 g/mol.